The van der Waals surface area contributed by atoms with Crippen LogP contribution in [0.5, 0.6) is 0 Å². The molecule has 1 aromatic rings. The number of hydrogen-bond donors (Lipinski definition) is 0. The summed E-state index contributed by atoms with van der Waals surface area (Å²) in [5.41, 5.74) is 1.08. The van der Waals surface area contributed by atoms with Gasteiger partial charge in [-0.25, -0.2) is 8.42 Å². The summed E-state index contributed by atoms with van der Waals surface area (Å²) in [6.45, 7) is 2.73. The molecule has 0 aromatic carbocycles. The minimum Gasteiger partial charge on any atom is -0.345 e. The van der Waals surface area contributed by atoms with E-state index in [4.69, 9.17) is 0 Å². The highest BCUT2D eigenvalue weighted by atomic mass is 32.2. The van der Waals surface area contributed by atoms with Crippen molar-refractivity contribution in [2.24, 2.45) is 0 Å². The van der Waals surface area contributed by atoms with Crippen LogP contribution in [0.15, 0.2) is 24.5 Å². The first-order chi connectivity index (χ1) is 11.8. The molecule has 2 heterocycles. The molecule has 1 aliphatic rings. The Labute approximate surface area is 148 Å². The van der Waals surface area contributed by atoms with E-state index in [2.05, 4.69) is 4.98 Å². The van der Waals surface area contributed by atoms with Crippen LogP contribution in [0.25, 0.3) is 0 Å². The number of nitrogens with zero attached hydrogens (tertiary/aromatic N) is 3. The molecule has 25 heavy (non-hydrogen) atoms. The Morgan fingerprint density at radius 3 is 2.48 bits per heavy atom. The zero-order chi connectivity index (χ0) is 18.4. The van der Waals surface area contributed by atoms with Crippen molar-refractivity contribution >= 4 is 21.7 Å². The molecule has 0 spiro atoms. The van der Waals surface area contributed by atoms with Gasteiger partial charge in [-0.1, -0.05) is 0 Å². The van der Waals surface area contributed by atoms with Crippen LogP contribution in [-0.4, -0.2) is 72.7 Å². The lowest BCUT2D eigenvalue weighted by atomic mass is 10.2. The summed E-state index contributed by atoms with van der Waals surface area (Å²) in [5.74, 6) is -0.441. The summed E-state index contributed by atoms with van der Waals surface area (Å²) < 4.78 is 23.2. The van der Waals surface area contributed by atoms with Crippen LogP contribution in [0.4, 0.5) is 0 Å². The average molecular weight is 367 g/mol. The van der Waals surface area contributed by atoms with E-state index < -0.39 is 9.84 Å². The smallest absolute Gasteiger partial charge is 0.232 e. The Hall–Kier alpha value is -1.96. The maximum atomic E-state index is 12.4. The number of likely N-dealkylation sites (N-methyl/N-ethyl adjacent to an activating group) is 1. The van der Waals surface area contributed by atoms with E-state index in [1.165, 1.54) is 9.80 Å². The number of pyridine rings is 1. The van der Waals surface area contributed by atoms with Gasteiger partial charge in [-0.15, -0.1) is 0 Å². The molecule has 1 atom stereocenters. The van der Waals surface area contributed by atoms with Gasteiger partial charge in [0.2, 0.25) is 11.8 Å². The molecule has 0 radical (unpaired) electrons. The Kier molecular flexibility index (Phi) is 6.52. The van der Waals surface area contributed by atoms with Gasteiger partial charge >= 0.3 is 0 Å². The first-order valence-electron chi connectivity index (χ1n) is 8.45. The minimum absolute atomic E-state index is 0.00134. The second-order valence-corrected chi connectivity index (χ2v) is 8.56. The van der Waals surface area contributed by atoms with E-state index in [1.807, 2.05) is 12.1 Å². The zero-order valence-electron chi connectivity index (χ0n) is 14.7. The van der Waals surface area contributed by atoms with E-state index in [1.54, 1.807) is 26.4 Å². The van der Waals surface area contributed by atoms with E-state index >= 15 is 0 Å². The topological polar surface area (TPSA) is 87.7 Å². The number of hydrogen-bond acceptors (Lipinski definition) is 5. The summed E-state index contributed by atoms with van der Waals surface area (Å²) in [6.07, 6.45) is 4.33. The van der Waals surface area contributed by atoms with Crippen molar-refractivity contribution in [3.8, 4) is 0 Å². The Morgan fingerprint density at radius 1 is 1.24 bits per heavy atom. The molecular formula is C17H25N3O4S. The summed E-state index contributed by atoms with van der Waals surface area (Å²) in [5, 5.41) is 0. The van der Waals surface area contributed by atoms with Crippen molar-refractivity contribution in [1.82, 2.24) is 14.8 Å². The molecule has 2 amide bonds. The first kappa shape index (κ1) is 19.4. The second kappa shape index (κ2) is 8.42. The number of amides is 2. The fourth-order valence-corrected chi connectivity index (χ4v) is 4.73. The normalized spacial score (nSPS) is 18.7. The number of rotatable bonds is 7. The van der Waals surface area contributed by atoms with Gasteiger partial charge in [0.1, 0.15) is 6.42 Å². The van der Waals surface area contributed by atoms with Crippen molar-refractivity contribution < 1.29 is 18.0 Å². The predicted octanol–water partition coefficient (Wildman–Crippen LogP) is 0.508. The monoisotopic (exact) mass is 367 g/mol. The maximum Gasteiger partial charge on any atom is 0.232 e. The van der Waals surface area contributed by atoms with Gasteiger partial charge < -0.3 is 9.80 Å². The van der Waals surface area contributed by atoms with E-state index in [-0.39, 0.29) is 35.8 Å². The lowest BCUT2D eigenvalue weighted by molar-refractivity contribution is -0.140. The minimum atomic E-state index is -3.06. The highest BCUT2D eigenvalue weighted by Gasteiger charge is 2.34. The van der Waals surface area contributed by atoms with Crippen molar-refractivity contribution in [2.75, 3.05) is 31.6 Å². The summed E-state index contributed by atoms with van der Waals surface area (Å²) in [6, 6.07) is 3.48. The van der Waals surface area contributed by atoms with E-state index in [0.717, 1.165) is 5.56 Å². The molecule has 1 aromatic heterocycles. The number of aromatic nitrogens is 1. The molecule has 138 valence electrons. The molecule has 0 N–H and O–H groups in total. The summed E-state index contributed by atoms with van der Waals surface area (Å²) >= 11 is 0. The number of carbonyl (C=O) groups is 2. The number of sulfone groups is 1. The fraction of sp³-hybridized carbons (Fsp3) is 0.588. The van der Waals surface area contributed by atoms with E-state index in [9.17, 15) is 18.0 Å². The summed E-state index contributed by atoms with van der Waals surface area (Å²) in [7, 11) is -1.39. The van der Waals surface area contributed by atoms with Crippen LogP contribution in [0.2, 0.25) is 0 Å². The predicted molar refractivity (Wildman–Crippen MR) is 94.6 cm³/mol. The Morgan fingerprint density at radius 2 is 1.92 bits per heavy atom. The van der Waals surface area contributed by atoms with Crippen LogP contribution in [0, 0.1) is 0 Å². The molecule has 1 saturated heterocycles. The molecule has 0 bridgehead atoms. The van der Waals surface area contributed by atoms with Crippen LogP contribution in [0.3, 0.4) is 0 Å². The van der Waals surface area contributed by atoms with Crippen molar-refractivity contribution in [3.05, 3.63) is 30.1 Å². The SMILES string of the molecule is CCN(C(=O)CC(=O)N(C)CCc1ccncc1)C1CCS(=O)(=O)C1. The van der Waals surface area contributed by atoms with E-state index in [0.29, 0.717) is 25.9 Å². The molecule has 8 heteroatoms. The molecule has 2 rings (SSSR count). The van der Waals surface area contributed by atoms with Crippen molar-refractivity contribution in [1.29, 1.82) is 0 Å². The van der Waals surface area contributed by atoms with Crippen molar-refractivity contribution in [3.63, 3.8) is 0 Å². The molecule has 7 nitrogen and oxygen atoms in total. The molecule has 1 fully saturated rings. The van der Waals surface area contributed by atoms with Gasteiger partial charge in [0, 0.05) is 38.6 Å². The largest absolute Gasteiger partial charge is 0.345 e. The maximum absolute atomic E-state index is 12.4. The summed E-state index contributed by atoms with van der Waals surface area (Å²) in [4.78, 5) is 31.7. The fourth-order valence-electron chi connectivity index (χ4n) is 3.00. The molecule has 1 unspecified atom stereocenters. The van der Waals surface area contributed by atoms with Crippen LogP contribution < -0.4 is 0 Å². The van der Waals surface area contributed by atoms with Gasteiger partial charge in [0.05, 0.1) is 11.5 Å². The third-order valence-electron chi connectivity index (χ3n) is 4.52. The van der Waals surface area contributed by atoms with Crippen LogP contribution in [-0.2, 0) is 25.8 Å². The lowest BCUT2D eigenvalue weighted by Gasteiger charge is -2.27. The van der Waals surface area contributed by atoms with Gasteiger partial charge in [0.25, 0.3) is 0 Å². The zero-order valence-corrected chi connectivity index (χ0v) is 15.5. The molecule has 0 aliphatic carbocycles. The highest BCUT2D eigenvalue weighted by Crippen LogP contribution is 2.18. The molecule has 1 aliphatic heterocycles. The third kappa shape index (κ3) is 5.52. The van der Waals surface area contributed by atoms with Gasteiger partial charge in [-0.2, -0.15) is 0 Å². The van der Waals surface area contributed by atoms with Crippen LogP contribution in [0.1, 0.15) is 25.3 Å². The van der Waals surface area contributed by atoms with Gasteiger partial charge in [0.15, 0.2) is 9.84 Å². The average Bonchev–Trinajstić information content (AvgIpc) is 2.93. The highest BCUT2D eigenvalue weighted by molar-refractivity contribution is 7.91. The van der Waals surface area contributed by atoms with Crippen LogP contribution >= 0.6 is 0 Å². The first-order valence-corrected chi connectivity index (χ1v) is 10.3. The second-order valence-electron chi connectivity index (χ2n) is 6.33. The quantitative estimate of drug-likeness (QED) is 0.655. The molecule has 0 saturated carbocycles. The number of carbonyl (C=O) groups excluding carboxylic acids is 2. The van der Waals surface area contributed by atoms with Gasteiger partial charge in [-0.05, 0) is 37.5 Å². The van der Waals surface area contributed by atoms with Gasteiger partial charge in [-0.3, -0.25) is 14.6 Å². The standard InChI is InChI=1S/C17H25N3O4S/c1-3-20(15-7-11-25(23,24)13-15)17(22)12-16(21)19(2)10-6-14-4-8-18-9-5-14/h4-5,8-9,15H,3,6-7,10-13H2,1-2H3. The third-order valence-corrected chi connectivity index (χ3v) is 6.27. The Balaban J connectivity index is 1.86. The molecular weight excluding hydrogens is 342 g/mol. The van der Waals surface area contributed by atoms with Crippen molar-refractivity contribution in [2.45, 2.75) is 32.2 Å². The Bertz CT molecular complexity index is 706. The lowest BCUT2D eigenvalue weighted by Crippen LogP contribution is -2.43.